The topological polar surface area (TPSA) is 84.2 Å². The maximum Gasteiger partial charge on any atom is 0.268 e. The van der Waals surface area contributed by atoms with Gasteiger partial charge in [-0.2, -0.15) is 5.26 Å². The van der Waals surface area contributed by atoms with E-state index in [4.69, 9.17) is 9.47 Å². The second-order valence-corrected chi connectivity index (χ2v) is 6.72. The van der Waals surface area contributed by atoms with Gasteiger partial charge in [-0.15, -0.1) is 11.3 Å². The summed E-state index contributed by atoms with van der Waals surface area (Å²) in [7, 11) is 1.60. The van der Waals surface area contributed by atoms with Gasteiger partial charge in [-0.05, 0) is 42.8 Å². The smallest absolute Gasteiger partial charge is 0.268 e. The molecule has 0 atom stereocenters. The highest BCUT2D eigenvalue weighted by atomic mass is 32.1. The SMILES string of the molecule is CCOc1ccc(/C=C(\C#N)C(=O)Nc2nc(-c3ccccc3OC)cs2)cc1. The summed E-state index contributed by atoms with van der Waals surface area (Å²) >= 11 is 1.28. The fourth-order valence-corrected chi connectivity index (χ4v) is 3.32. The van der Waals surface area contributed by atoms with Crippen molar-refractivity contribution in [1.29, 1.82) is 5.26 Å². The van der Waals surface area contributed by atoms with Gasteiger partial charge in [-0.1, -0.05) is 24.3 Å². The number of anilines is 1. The van der Waals surface area contributed by atoms with Crippen molar-refractivity contribution >= 4 is 28.5 Å². The zero-order valence-corrected chi connectivity index (χ0v) is 16.8. The summed E-state index contributed by atoms with van der Waals surface area (Å²) in [4.78, 5) is 16.9. The van der Waals surface area contributed by atoms with Crippen molar-refractivity contribution in [2.24, 2.45) is 0 Å². The van der Waals surface area contributed by atoms with E-state index in [2.05, 4.69) is 10.3 Å². The van der Waals surface area contributed by atoms with Crippen LogP contribution in [0, 0.1) is 11.3 Å². The van der Waals surface area contributed by atoms with Gasteiger partial charge >= 0.3 is 0 Å². The number of amides is 1. The number of hydrogen-bond donors (Lipinski definition) is 1. The van der Waals surface area contributed by atoms with E-state index in [-0.39, 0.29) is 5.57 Å². The zero-order valence-electron chi connectivity index (χ0n) is 16.0. The molecule has 0 spiro atoms. The van der Waals surface area contributed by atoms with Crippen LogP contribution in [-0.4, -0.2) is 24.6 Å². The van der Waals surface area contributed by atoms with Gasteiger partial charge in [-0.3, -0.25) is 10.1 Å². The number of nitrogens with one attached hydrogen (secondary N) is 1. The summed E-state index contributed by atoms with van der Waals surface area (Å²) in [5.74, 6) is 0.922. The van der Waals surface area contributed by atoms with Crippen molar-refractivity contribution in [2.45, 2.75) is 6.92 Å². The molecule has 0 fully saturated rings. The first-order valence-electron chi connectivity index (χ1n) is 8.89. The highest BCUT2D eigenvalue weighted by molar-refractivity contribution is 7.14. The van der Waals surface area contributed by atoms with Crippen molar-refractivity contribution in [1.82, 2.24) is 4.98 Å². The van der Waals surface area contributed by atoms with Crippen LogP contribution in [0.4, 0.5) is 5.13 Å². The molecule has 1 aromatic heterocycles. The van der Waals surface area contributed by atoms with Crippen LogP contribution in [0.25, 0.3) is 17.3 Å². The second kappa shape index (κ2) is 9.53. The van der Waals surface area contributed by atoms with Crippen LogP contribution in [0.15, 0.2) is 59.5 Å². The van der Waals surface area contributed by atoms with Crippen LogP contribution in [0.2, 0.25) is 0 Å². The molecule has 0 unspecified atom stereocenters. The van der Waals surface area contributed by atoms with Crippen LogP contribution in [0.3, 0.4) is 0 Å². The molecule has 0 radical (unpaired) electrons. The molecule has 0 aliphatic carbocycles. The highest BCUT2D eigenvalue weighted by Gasteiger charge is 2.14. The van der Waals surface area contributed by atoms with Crippen LogP contribution in [-0.2, 0) is 4.79 Å². The molecule has 146 valence electrons. The molecule has 1 heterocycles. The Bertz CT molecular complexity index is 1070. The highest BCUT2D eigenvalue weighted by Crippen LogP contribution is 2.32. The minimum absolute atomic E-state index is 0.0109. The van der Waals surface area contributed by atoms with Gasteiger partial charge < -0.3 is 9.47 Å². The number of rotatable bonds is 7. The first-order chi connectivity index (χ1) is 14.1. The number of methoxy groups -OCH3 is 1. The molecule has 3 rings (SSSR count). The Balaban J connectivity index is 1.75. The molecule has 0 aliphatic heterocycles. The first-order valence-corrected chi connectivity index (χ1v) is 9.77. The zero-order chi connectivity index (χ0) is 20.6. The van der Waals surface area contributed by atoms with E-state index in [0.717, 1.165) is 16.9 Å². The summed E-state index contributed by atoms with van der Waals surface area (Å²) in [6.07, 6.45) is 1.53. The van der Waals surface area contributed by atoms with E-state index >= 15 is 0 Å². The van der Waals surface area contributed by atoms with Crippen molar-refractivity contribution < 1.29 is 14.3 Å². The minimum atomic E-state index is -0.512. The fraction of sp³-hybridized carbons (Fsp3) is 0.136. The van der Waals surface area contributed by atoms with E-state index in [1.807, 2.05) is 42.6 Å². The van der Waals surface area contributed by atoms with Crippen molar-refractivity contribution in [3.8, 4) is 28.8 Å². The predicted molar refractivity (Wildman–Crippen MR) is 114 cm³/mol. The lowest BCUT2D eigenvalue weighted by atomic mass is 10.1. The van der Waals surface area contributed by atoms with Gasteiger partial charge in [-0.25, -0.2) is 4.98 Å². The Morgan fingerprint density at radius 1 is 1.24 bits per heavy atom. The molecule has 6 nitrogen and oxygen atoms in total. The molecule has 0 bridgehead atoms. The number of nitriles is 1. The largest absolute Gasteiger partial charge is 0.496 e. The number of benzene rings is 2. The number of para-hydroxylation sites is 1. The molecule has 0 saturated heterocycles. The van der Waals surface area contributed by atoms with Crippen LogP contribution >= 0.6 is 11.3 Å². The van der Waals surface area contributed by atoms with Crippen LogP contribution in [0.1, 0.15) is 12.5 Å². The Morgan fingerprint density at radius 2 is 2.00 bits per heavy atom. The molecule has 1 amide bonds. The van der Waals surface area contributed by atoms with E-state index in [1.165, 1.54) is 17.4 Å². The molecule has 7 heteroatoms. The summed E-state index contributed by atoms with van der Waals surface area (Å²) in [6, 6.07) is 16.6. The number of carbonyl (C=O) groups excluding carboxylic acids is 1. The van der Waals surface area contributed by atoms with Gasteiger partial charge in [0.2, 0.25) is 0 Å². The van der Waals surface area contributed by atoms with E-state index < -0.39 is 5.91 Å². The van der Waals surface area contributed by atoms with Crippen LogP contribution < -0.4 is 14.8 Å². The third kappa shape index (κ3) is 5.00. The van der Waals surface area contributed by atoms with Crippen molar-refractivity contribution in [3.63, 3.8) is 0 Å². The lowest BCUT2D eigenvalue weighted by Gasteiger charge is -2.05. The Kier molecular flexibility index (Phi) is 6.61. The summed E-state index contributed by atoms with van der Waals surface area (Å²) in [6.45, 7) is 2.48. The number of aromatic nitrogens is 1. The molecular formula is C22H19N3O3S. The standard InChI is InChI=1S/C22H19N3O3S/c1-3-28-17-10-8-15(9-11-17)12-16(13-23)21(26)25-22-24-19(14-29-22)18-6-4-5-7-20(18)27-2/h4-12,14H,3H2,1-2H3,(H,24,25,26)/b16-12+. The Labute approximate surface area is 173 Å². The molecule has 2 aromatic carbocycles. The fourth-order valence-electron chi connectivity index (χ4n) is 2.62. The Hall–Kier alpha value is -3.63. The third-order valence-corrected chi connectivity index (χ3v) is 4.73. The lowest BCUT2D eigenvalue weighted by molar-refractivity contribution is -0.112. The maximum atomic E-state index is 12.5. The summed E-state index contributed by atoms with van der Waals surface area (Å²) in [5.41, 5.74) is 2.24. The molecule has 0 aliphatic rings. The summed E-state index contributed by atoms with van der Waals surface area (Å²) < 4.78 is 10.7. The van der Waals surface area contributed by atoms with Gasteiger partial charge in [0, 0.05) is 10.9 Å². The molecular weight excluding hydrogens is 386 g/mol. The van der Waals surface area contributed by atoms with Crippen molar-refractivity contribution in [2.75, 3.05) is 19.0 Å². The first kappa shape index (κ1) is 20.1. The molecule has 1 N–H and O–H groups in total. The van der Waals surface area contributed by atoms with Gasteiger partial charge in [0.05, 0.1) is 19.4 Å². The molecule has 29 heavy (non-hydrogen) atoms. The van der Waals surface area contributed by atoms with Gasteiger partial charge in [0.1, 0.15) is 23.1 Å². The van der Waals surface area contributed by atoms with E-state index in [9.17, 15) is 10.1 Å². The van der Waals surface area contributed by atoms with Gasteiger partial charge in [0.25, 0.3) is 5.91 Å². The Morgan fingerprint density at radius 3 is 2.69 bits per heavy atom. The normalized spacial score (nSPS) is 10.9. The quantitative estimate of drug-likeness (QED) is 0.452. The third-order valence-electron chi connectivity index (χ3n) is 3.97. The van der Waals surface area contributed by atoms with Crippen LogP contribution in [0.5, 0.6) is 11.5 Å². The number of thiazole rings is 1. The summed E-state index contributed by atoms with van der Waals surface area (Å²) in [5, 5.41) is 14.3. The maximum absolute atomic E-state index is 12.5. The predicted octanol–water partition coefficient (Wildman–Crippen LogP) is 4.76. The number of nitrogens with zero attached hydrogens (tertiary/aromatic N) is 2. The number of ether oxygens (including phenoxy) is 2. The minimum Gasteiger partial charge on any atom is -0.496 e. The average Bonchev–Trinajstić information content (AvgIpc) is 3.21. The second-order valence-electron chi connectivity index (χ2n) is 5.86. The monoisotopic (exact) mass is 405 g/mol. The van der Waals surface area contributed by atoms with Gasteiger partial charge in [0.15, 0.2) is 5.13 Å². The molecule has 0 saturated carbocycles. The molecule has 3 aromatic rings. The van der Waals surface area contributed by atoms with E-state index in [1.54, 1.807) is 31.4 Å². The number of carbonyl (C=O) groups is 1. The number of hydrogen-bond acceptors (Lipinski definition) is 6. The average molecular weight is 405 g/mol. The van der Waals surface area contributed by atoms with E-state index in [0.29, 0.717) is 23.2 Å². The lowest BCUT2D eigenvalue weighted by Crippen LogP contribution is -2.13. The van der Waals surface area contributed by atoms with Crippen molar-refractivity contribution in [3.05, 3.63) is 65.0 Å².